The Morgan fingerprint density at radius 1 is 1.07 bits per heavy atom. The topological polar surface area (TPSA) is 68.9 Å². The lowest BCUT2D eigenvalue weighted by atomic mass is 10.1. The first-order valence-corrected chi connectivity index (χ1v) is 9.86. The van der Waals surface area contributed by atoms with E-state index in [1.54, 1.807) is 22.4 Å². The molecule has 0 fully saturated rings. The van der Waals surface area contributed by atoms with Crippen molar-refractivity contribution in [3.05, 3.63) is 81.7 Å². The summed E-state index contributed by atoms with van der Waals surface area (Å²) in [6.45, 7) is 0.328. The van der Waals surface area contributed by atoms with Gasteiger partial charge in [0.05, 0.1) is 11.0 Å². The molecule has 142 valence electrons. The van der Waals surface area contributed by atoms with Gasteiger partial charge >= 0.3 is 5.69 Å². The molecule has 0 aliphatic heterocycles. The maximum absolute atomic E-state index is 12.4. The molecule has 2 aromatic heterocycles. The van der Waals surface area contributed by atoms with Crippen LogP contribution in [0.4, 0.5) is 5.13 Å². The molecule has 0 saturated carbocycles. The maximum atomic E-state index is 12.4. The van der Waals surface area contributed by atoms with Gasteiger partial charge in [-0.3, -0.25) is 13.9 Å². The number of aryl methyl sites for hydroxylation is 2. The number of carbonyl (C=O) groups excluding carboxylic acids is 1. The van der Waals surface area contributed by atoms with E-state index in [0.717, 1.165) is 22.3 Å². The van der Waals surface area contributed by atoms with Crippen LogP contribution in [0.15, 0.2) is 65.6 Å². The first-order valence-electron chi connectivity index (χ1n) is 9.04. The number of nitrogens with one attached hydrogen (secondary N) is 1. The van der Waals surface area contributed by atoms with Crippen LogP contribution in [-0.2, 0) is 24.8 Å². The van der Waals surface area contributed by atoms with Crippen LogP contribution in [0.2, 0.25) is 0 Å². The lowest BCUT2D eigenvalue weighted by Gasteiger charge is -2.03. The van der Waals surface area contributed by atoms with Crippen LogP contribution < -0.4 is 11.0 Å². The third-order valence-corrected chi connectivity index (χ3v) is 5.55. The summed E-state index contributed by atoms with van der Waals surface area (Å²) >= 11 is 1.47. The zero-order valence-electron chi connectivity index (χ0n) is 15.5. The molecule has 0 aliphatic carbocycles. The minimum atomic E-state index is -0.152. The zero-order chi connectivity index (χ0) is 19.5. The van der Waals surface area contributed by atoms with E-state index in [-0.39, 0.29) is 18.0 Å². The van der Waals surface area contributed by atoms with Crippen LogP contribution in [0.25, 0.3) is 11.0 Å². The van der Waals surface area contributed by atoms with Crippen molar-refractivity contribution >= 4 is 33.4 Å². The predicted molar refractivity (Wildman–Crippen MR) is 112 cm³/mol. The highest BCUT2D eigenvalue weighted by Crippen LogP contribution is 2.21. The standard InChI is InChI=1S/C21H20N4O2S/c1-24-17-9-5-6-10-18(17)25(21(24)27)12-11-19(26)23-20-22-14-16(28-20)13-15-7-3-2-4-8-15/h2-10,14H,11-13H2,1H3,(H,22,23,26). The van der Waals surface area contributed by atoms with Crippen molar-refractivity contribution in [2.45, 2.75) is 19.4 Å². The Labute approximate surface area is 166 Å². The number of amides is 1. The van der Waals surface area contributed by atoms with Gasteiger partial charge in [0.2, 0.25) is 5.91 Å². The predicted octanol–water partition coefficient (Wildman–Crippen LogP) is 3.42. The van der Waals surface area contributed by atoms with Crippen LogP contribution in [0.3, 0.4) is 0 Å². The van der Waals surface area contributed by atoms with Crippen LogP contribution in [0, 0.1) is 0 Å². The number of benzene rings is 2. The summed E-state index contributed by atoms with van der Waals surface area (Å²) in [6.07, 6.45) is 2.80. The summed E-state index contributed by atoms with van der Waals surface area (Å²) in [7, 11) is 1.74. The van der Waals surface area contributed by atoms with Crippen LogP contribution in [0.5, 0.6) is 0 Å². The Morgan fingerprint density at radius 3 is 2.57 bits per heavy atom. The molecule has 2 aromatic carbocycles. The van der Waals surface area contributed by atoms with E-state index in [0.29, 0.717) is 11.7 Å². The van der Waals surface area contributed by atoms with E-state index < -0.39 is 0 Å². The number of imidazole rings is 1. The summed E-state index contributed by atoms with van der Waals surface area (Å²) in [5, 5.41) is 3.42. The van der Waals surface area contributed by atoms with Gasteiger partial charge in [-0.05, 0) is 17.7 Å². The number of para-hydroxylation sites is 2. The third-order valence-electron chi connectivity index (χ3n) is 4.64. The van der Waals surface area contributed by atoms with E-state index >= 15 is 0 Å². The van der Waals surface area contributed by atoms with Crippen LogP contribution >= 0.6 is 11.3 Å². The van der Waals surface area contributed by atoms with Crippen molar-refractivity contribution in [1.29, 1.82) is 0 Å². The van der Waals surface area contributed by atoms with E-state index in [1.165, 1.54) is 16.9 Å². The largest absolute Gasteiger partial charge is 0.328 e. The number of aromatic nitrogens is 3. The number of nitrogens with zero attached hydrogens (tertiary/aromatic N) is 3. The van der Waals surface area contributed by atoms with Crippen molar-refractivity contribution in [3.8, 4) is 0 Å². The van der Waals surface area contributed by atoms with Gasteiger partial charge < -0.3 is 5.32 Å². The smallest absolute Gasteiger partial charge is 0.302 e. The fraction of sp³-hybridized carbons (Fsp3) is 0.190. The molecule has 4 aromatic rings. The third kappa shape index (κ3) is 3.75. The number of fused-ring (bicyclic) bond motifs is 1. The first-order chi connectivity index (χ1) is 13.6. The van der Waals surface area contributed by atoms with Crippen molar-refractivity contribution in [1.82, 2.24) is 14.1 Å². The number of rotatable bonds is 6. The lowest BCUT2D eigenvalue weighted by Crippen LogP contribution is -2.24. The highest BCUT2D eigenvalue weighted by molar-refractivity contribution is 7.15. The number of hydrogen-bond donors (Lipinski definition) is 1. The Morgan fingerprint density at radius 2 is 1.79 bits per heavy atom. The number of thiazole rings is 1. The zero-order valence-corrected chi connectivity index (χ0v) is 16.3. The van der Waals surface area contributed by atoms with Gasteiger partial charge in [-0.2, -0.15) is 0 Å². The summed E-state index contributed by atoms with van der Waals surface area (Å²) in [6, 6.07) is 17.7. The maximum Gasteiger partial charge on any atom is 0.328 e. The summed E-state index contributed by atoms with van der Waals surface area (Å²) < 4.78 is 3.24. The van der Waals surface area contributed by atoms with Gasteiger partial charge in [-0.15, -0.1) is 11.3 Å². The number of carbonyl (C=O) groups is 1. The van der Waals surface area contributed by atoms with Gasteiger partial charge in [0.25, 0.3) is 0 Å². The lowest BCUT2D eigenvalue weighted by molar-refractivity contribution is -0.116. The fourth-order valence-corrected chi connectivity index (χ4v) is 4.08. The molecular formula is C21H20N4O2S. The first kappa shape index (κ1) is 18.2. The summed E-state index contributed by atoms with van der Waals surface area (Å²) in [5.41, 5.74) is 2.79. The molecule has 2 heterocycles. The van der Waals surface area contributed by atoms with E-state index in [2.05, 4.69) is 22.4 Å². The SMILES string of the molecule is Cn1c(=O)n(CCC(=O)Nc2ncc(Cc3ccccc3)s2)c2ccccc21. The van der Waals surface area contributed by atoms with Crippen molar-refractivity contribution in [2.75, 3.05) is 5.32 Å². The van der Waals surface area contributed by atoms with Gasteiger partial charge in [-0.25, -0.2) is 9.78 Å². The van der Waals surface area contributed by atoms with Crippen LogP contribution in [-0.4, -0.2) is 20.0 Å². The number of hydrogen-bond acceptors (Lipinski definition) is 4. The average molecular weight is 392 g/mol. The molecule has 0 unspecified atom stereocenters. The number of anilines is 1. The fourth-order valence-electron chi connectivity index (χ4n) is 3.22. The molecule has 28 heavy (non-hydrogen) atoms. The second kappa shape index (κ2) is 7.82. The van der Waals surface area contributed by atoms with Crippen LogP contribution in [0.1, 0.15) is 16.9 Å². The molecule has 0 radical (unpaired) electrons. The molecule has 0 spiro atoms. The average Bonchev–Trinajstić information content (AvgIpc) is 3.24. The Balaban J connectivity index is 1.39. The molecular weight excluding hydrogens is 372 g/mol. The van der Waals surface area contributed by atoms with Gasteiger partial charge in [0.15, 0.2) is 5.13 Å². The van der Waals surface area contributed by atoms with E-state index in [4.69, 9.17) is 0 Å². The van der Waals surface area contributed by atoms with E-state index in [9.17, 15) is 9.59 Å². The van der Waals surface area contributed by atoms with Gasteiger partial charge in [0.1, 0.15) is 0 Å². The Bertz CT molecular complexity index is 1170. The minimum absolute atomic E-state index is 0.117. The molecule has 1 amide bonds. The van der Waals surface area contributed by atoms with Crippen molar-refractivity contribution in [2.24, 2.45) is 7.05 Å². The highest BCUT2D eigenvalue weighted by atomic mass is 32.1. The molecule has 7 heteroatoms. The molecule has 0 bridgehead atoms. The summed E-state index contributed by atoms with van der Waals surface area (Å²) in [4.78, 5) is 30.1. The minimum Gasteiger partial charge on any atom is -0.302 e. The molecule has 0 atom stereocenters. The van der Waals surface area contributed by atoms with Gasteiger partial charge in [-0.1, -0.05) is 42.5 Å². The van der Waals surface area contributed by atoms with Crippen molar-refractivity contribution < 1.29 is 4.79 Å². The highest BCUT2D eigenvalue weighted by Gasteiger charge is 2.12. The molecule has 1 N–H and O–H groups in total. The Kier molecular flexibility index (Phi) is 5.08. The molecule has 0 saturated heterocycles. The van der Waals surface area contributed by atoms with E-state index in [1.807, 2.05) is 42.5 Å². The second-order valence-electron chi connectivity index (χ2n) is 6.57. The quantitative estimate of drug-likeness (QED) is 0.547. The molecule has 6 nitrogen and oxygen atoms in total. The normalized spacial score (nSPS) is 11.0. The monoisotopic (exact) mass is 392 g/mol. The molecule has 0 aliphatic rings. The van der Waals surface area contributed by atoms with Crippen molar-refractivity contribution in [3.63, 3.8) is 0 Å². The van der Waals surface area contributed by atoms with Gasteiger partial charge in [0, 0.05) is 37.5 Å². The second-order valence-corrected chi connectivity index (χ2v) is 7.69. The Hall–Kier alpha value is -3.19. The summed E-state index contributed by atoms with van der Waals surface area (Å²) in [5.74, 6) is -0.152. The molecule has 4 rings (SSSR count).